The number of ether oxygens (including phenoxy) is 1. The van der Waals surface area contributed by atoms with Gasteiger partial charge >= 0.3 is 0 Å². The molecular weight excluding hydrogens is 254 g/mol. The van der Waals surface area contributed by atoms with Crippen LogP contribution in [0.5, 0.6) is 5.88 Å². The van der Waals surface area contributed by atoms with Crippen LogP contribution in [0.3, 0.4) is 0 Å². The molecule has 0 unspecified atom stereocenters. The van der Waals surface area contributed by atoms with Crippen molar-refractivity contribution in [3.63, 3.8) is 0 Å². The molecule has 0 atom stereocenters. The third kappa shape index (κ3) is 6.02. The van der Waals surface area contributed by atoms with Crippen molar-refractivity contribution in [2.75, 3.05) is 18.5 Å². The lowest BCUT2D eigenvalue weighted by molar-refractivity contribution is -0.116. The van der Waals surface area contributed by atoms with Gasteiger partial charge < -0.3 is 15.8 Å². The first-order valence-electron chi connectivity index (χ1n) is 7.05. The number of carbonyl (C=O) groups excluding carboxylic acids is 1. The van der Waals surface area contributed by atoms with Crippen molar-refractivity contribution < 1.29 is 9.53 Å². The second kappa shape index (κ2) is 7.85. The van der Waals surface area contributed by atoms with Crippen LogP contribution in [0.2, 0.25) is 0 Å². The quantitative estimate of drug-likeness (QED) is 0.766. The van der Waals surface area contributed by atoms with Crippen LogP contribution in [-0.4, -0.2) is 24.0 Å². The van der Waals surface area contributed by atoms with Gasteiger partial charge in [0.1, 0.15) is 0 Å². The van der Waals surface area contributed by atoms with E-state index in [1.807, 2.05) is 6.92 Å². The van der Waals surface area contributed by atoms with E-state index >= 15 is 0 Å². The van der Waals surface area contributed by atoms with Crippen LogP contribution in [0.15, 0.2) is 18.3 Å². The Hall–Kier alpha value is -1.62. The summed E-state index contributed by atoms with van der Waals surface area (Å²) in [5.41, 5.74) is 6.35. The van der Waals surface area contributed by atoms with E-state index in [0.717, 1.165) is 12.8 Å². The number of aromatic nitrogens is 1. The maximum atomic E-state index is 11.9. The molecule has 1 aromatic rings. The van der Waals surface area contributed by atoms with E-state index in [4.69, 9.17) is 10.5 Å². The molecule has 20 heavy (non-hydrogen) atoms. The monoisotopic (exact) mass is 279 g/mol. The summed E-state index contributed by atoms with van der Waals surface area (Å²) < 4.78 is 5.25. The van der Waals surface area contributed by atoms with Gasteiger partial charge in [-0.05, 0) is 37.8 Å². The molecule has 112 valence electrons. The molecule has 3 N–H and O–H groups in total. The molecule has 1 amide bonds. The molecule has 0 aliphatic heterocycles. The maximum absolute atomic E-state index is 11.9. The van der Waals surface area contributed by atoms with Crippen LogP contribution in [0.1, 0.15) is 40.0 Å². The Bertz CT molecular complexity index is 416. The largest absolute Gasteiger partial charge is 0.478 e. The Morgan fingerprint density at radius 1 is 1.40 bits per heavy atom. The fourth-order valence-electron chi connectivity index (χ4n) is 1.88. The summed E-state index contributed by atoms with van der Waals surface area (Å²) in [7, 11) is 0. The van der Waals surface area contributed by atoms with Crippen LogP contribution in [0.25, 0.3) is 0 Å². The van der Waals surface area contributed by atoms with Gasteiger partial charge in [-0.3, -0.25) is 4.79 Å². The van der Waals surface area contributed by atoms with Crippen molar-refractivity contribution >= 4 is 11.6 Å². The van der Waals surface area contributed by atoms with Gasteiger partial charge in [0.25, 0.3) is 0 Å². The molecule has 0 radical (unpaired) electrons. The highest BCUT2D eigenvalue weighted by Crippen LogP contribution is 2.26. The highest BCUT2D eigenvalue weighted by atomic mass is 16.5. The maximum Gasteiger partial charge on any atom is 0.224 e. The average molecular weight is 279 g/mol. The van der Waals surface area contributed by atoms with Crippen LogP contribution in [0, 0.1) is 5.41 Å². The topological polar surface area (TPSA) is 77.2 Å². The third-order valence-electron chi connectivity index (χ3n) is 3.16. The van der Waals surface area contributed by atoms with Gasteiger partial charge in [0.2, 0.25) is 11.8 Å². The van der Waals surface area contributed by atoms with Crippen molar-refractivity contribution in [1.82, 2.24) is 4.98 Å². The average Bonchev–Trinajstić information content (AvgIpc) is 2.39. The molecule has 0 aliphatic carbocycles. The number of nitrogens with one attached hydrogen (secondary N) is 1. The predicted molar refractivity (Wildman–Crippen MR) is 80.7 cm³/mol. The summed E-state index contributed by atoms with van der Waals surface area (Å²) in [6, 6.07) is 3.54. The van der Waals surface area contributed by atoms with Crippen LogP contribution >= 0.6 is 0 Å². The van der Waals surface area contributed by atoms with Gasteiger partial charge in [0.15, 0.2) is 0 Å². The van der Waals surface area contributed by atoms with E-state index in [9.17, 15) is 4.79 Å². The van der Waals surface area contributed by atoms with E-state index in [2.05, 4.69) is 24.1 Å². The van der Waals surface area contributed by atoms with E-state index in [-0.39, 0.29) is 11.3 Å². The molecule has 0 saturated heterocycles. The Kier molecular flexibility index (Phi) is 6.45. The molecule has 0 spiro atoms. The lowest BCUT2D eigenvalue weighted by Crippen LogP contribution is -2.20. The van der Waals surface area contributed by atoms with Crippen LogP contribution in [0.4, 0.5) is 5.69 Å². The van der Waals surface area contributed by atoms with Crippen LogP contribution in [-0.2, 0) is 4.79 Å². The lowest BCUT2D eigenvalue weighted by Gasteiger charge is -2.23. The SMILES string of the molecule is CCOc1ccc(NC(=O)CCC(C)(C)CCN)cn1. The van der Waals surface area contributed by atoms with Gasteiger partial charge in [-0.2, -0.15) is 0 Å². The van der Waals surface area contributed by atoms with Gasteiger partial charge in [0, 0.05) is 12.5 Å². The third-order valence-corrected chi connectivity index (χ3v) is 3.16. The number of amides is 1. The minimum atomic E-state index is 0.000978. The molecule has 5 heteroatoms. The molecule has 1 rings (SSSR count). The molecule has 0 fully saturated rings. The number of hydrogen-bond acceptors (Lipinski definition) is 4. The molecule has 1 heterocycles. The highest BCUT2D eigenvalue weighted by molar-refractivity contribution is 5.90. The van der Waals surface area contributed by atoms with Gasteiger partial charge in [-0.25, -0.2) is 4.98 Å². The van der Waals surface area contributed by atoms with Crippen molar-refractivity contribution in [3.8, 4) is 5.88 Å². The minimum Gasteiger partial charge on any atom is -0.478 e. The smallest absolute Gasteiger partial charge is 0.224 e. The number of carbonyl (C=O) groups is 1. The number of nitrogens with two attached hydrogens (primary N) is 1. The second-order valence-corrected chi connectivity index (χ2v) is 5.57. The van der Waals surface area contributed by atoms with Crippen molar-refractivity contribution in [2.24, 2.45) is 11.1 Å². The molecule has 0 aromatic carbocycles. The molecule has 0 bridgehead atoms. The van der Waals surface area contributed by atoms with Gasteiger partial charge in [0.05, 0.1) is 18.5 Å². The molecule has 5 nitrogen and oxygen atoms in total. The lowest BCUT2D eigenvalue weighted by atomic mass is 9.84. The number of rotatable bonds is 8. The van der Waals surface area contributed by atoms with Crippen molar-refractivity contribution in [1.29, 1.82) is 0 Å². The van der Waals surface area contributed by atoms with Crippen molar-refractivity contribution in [3.05, 3.63) is 18.3 Å². The Balaban J connectivity index is 2.42. The first kappa shape index (κ1) is 16.4. The number of hydrogen-bond donors (Lipinski definition) is 2. The van der Waals surface area contributed by atoms with Crippen LogP contribution < -0.4 is 15.8 Å². The fraction of sp³-hybridized carbons (Fsp3) is 0.600. The van der Waals surface area contributed by atoms with E-state index in [1.54, 1.807) is 18.3 Å². The zero-order valence-electron chi connectivity index (χ0n) is 12.6. The summed E-state index contributed by atoms with van der Waals surface area (Å²) in [6.07, 6.45) is 3.83. The number of nitrogens with zero attached hydrogens (tertiary/aromatic N) is 1. The standard InChI is InChI=1S/C15H25N3O2/c1-4-20-14-6-5-12(11-17-14)18-13(19)7-8-15(2,3)9-10-16/h5-6,11H,4,7-10,16H2,1-3H3,(H,18,19). The van der Waals surface area contributed by atoms with Gasteiger partial charge in [-0.1, -0.05) is 13.8 Å². The normalized spacial score (nSPS) is 11.2. The fourth-order valence-corrected chi connectivity index (χ4v) is 1.88. The van der Waals surface area contributed by atoms with E-state index < -0.39 is 0 Å². The summed E-state index contributed by atoms with van der Waals surface area (Å²) in [6.45, 7) is 7.39. The molecule has 1 aromatic heterocycles. The second-order valence-electron chi connectivity index (χ2n) is 5.57. The predicted octanol–water partition coefficient (Wildman–Crippen LogP) is 2.57. The minimum absolute atomic E-state index is 0.000978. The van der Waals surface area contributed by atoms with Gasteiger partial charge in [-0.15, -0.1) is 0 Å². The molecule has 0 aliphatic rings. The molecular formula is C15H25N3O2. The highest BCUT2D eigenvalue weighted by Gasteiger charge is 2.18. The summed E-state index contributed by atoms with van der Waals surface area (Å²) in [4.78, 5) is 16.0. The Morgan fingerprint density at radius 3 is 2.70 bits per heavy atom. The molecule has 0 saturated carbocycles. The first-order chi connectivity index (χ1) is 9.46. The Morgan fingerprint density at radius 2 is 2.15 bits per heavy atom. The first-order valence-corrected chi connectivity index (χ1v) is 7.05. The number of pyridine rings is 1. The zero-order valence-corrected chi connectivity index (χ0v) is 12.6. The number of anilines is 1. The summed E-state index contributed by atoms with van der Waals surface area (Å²) >= 11 is 0. The Labute approximate surface area is 120 Å². The summed E-state index contributed by atoms with van der Waals surface area (Å²) in [5, 5.41) is 2.84. The summed E-state index contributed by atoms with van der Waals surface area (Å²) in [5.74, 6) is 0.565. The van der Waals surface area contributed by atoms with E-state index in [0.29, 0.717) is 31.1 Å². The zero-order chi connectivity index (χ0) is 15.0. The van der Waals surface area contributed by atoms with E-state index in [1.165, 1.54) is 0 Å². The van der Waals surface area contributed by atoms with Crippen molar-refractivity contribution in [2.45, 2.75) is 40.0 Å².